The van der Waals surface area contributed by atoms with Gasteiger partial charge in [-0.05, 0) is 30.5 Å². The molecule has 1 aromatic rings. The van der Waals surface area contributed by atoms with Gasteiger partial charge in [0.05, 0.1) is 12.6 Å². The Morgan fingerprint density at radius 2 is 1.90 bits per heavy atom. The Hall–Kier alpha value is -1.58. The van der Waals surface area contributed by atoms with Gasteiger partial charge in [0.1, 0.15) is 5.82 Å². The van der Waals surface area contributed by atoms with Crippen LogP contribution >= 0.6 is 0 Å². The molecule has 3 nitrogen and oxygen atoms in total. The highest BCUT2D eigenvalue weighted by Crippen LogP contribution is 2.32. The summed E-state index contributed by atoms with van der Waals surface area (Å²) in [6, 6.07) is 7.41. The normalized spacial score (nSPS) is 24.6. The summed E-state index contributed by atoms with van der Waals surface area (Å²) in [7, 11) is 0. The van der Waals surface area contributed by atoms with Gasteiger partial charge in [0.2, 0.25) is 0 Å². The van der Waals surface area contributed by atoms with Crippen LogP contribution in [0.15, 0.2) is 29.3 Å². The summed E-state index contributed by atoms with van der Waals surface area (Å²) in [4.78, 5) is 6.64. The number of halogens is 1. The molecule has 1 atom stereocenters. The van der Waals surface area contributed by atoms with Crippen LogP contribution in [-0.4, -0.2) is 23.4 Å². The number of rotatable bonds is 2. The molecule has 108 valence electrons. The first kappa shape index (κ1) is 13.4. The molecule has 0 radical (unpaired) electrons. The monoisotopic (exact) mass is 275 g/mol. The Labute approximate surface area is 119 Å². The lowest BCUT2D eigenvalue weighted by Crippen LogP contribution is -2.43. The fourth-order valence-electron chi connectivity index (χ4n) is 3.47. The smallest absolute Gasteiger partial charge is 0.192 e. The molecule has 1 aromatic carbocycles. The van der Waals surface area contributed by atoms with Crippen molar-refractivity contribution < 1.29 is 4.39 Å². The third-order valence-electron chi connectivity index (χ3n) is 4.48. The van der Waals surface area contributed by atoms with Crippen LogP contribution in [0.5, 0.6) is 0 Å². The topological polar surface area (TPSA) is 41.6 Å². The first-order valence-electron chi connectivity index (χ1n) is 7.59. The fourth-order valence-corrected chi connectivity index (χ4v) is 3.47. The van der Waals surface area contributed by atoms with Crippen molar-refractivity contribution in [2.75, 3.05) is 6.54 Å². The molecule has 1 aliphatic carbocycles. The standard InChI is InChI=1S/C16H22FN3/c17-13-7-5-6-12(10-13)15-11-19-16(18)20(15)14-8-3-1-2-4-9-14/h5-7,10,14-15H,1-4,8-9,11H2,(H2,18,19). The molecule has 20 heavy (non-hydrogen) atoms. The van der Waals surface area contributed by atoms with E-state index in [0.717, 1.165) is 5.56 Å². The molecule has 1 fully saturated rings. The minimum atomic E-state index is -0.186. The fraction of sp³-hybridized carbons (Fsp3) is 0.562. The summed E-state index contributed by atoms with van der Waals surface area (Å²) >= 11 is 0. The molecule has 1 unspecified atom stereocenters. The van der Waals surface area contributed by atoms with E-state index in [-0.39, 0.29) is 11.9 Å². The second-order valence-corrected chi connectivity index (χ2v) is 5.82. The summed E-state index contributed by atoms with van der Waals surface area (Å²) in [5, 5.41) is 0. The van der Waals surface area contributed by atoms with Crippen LogP contribution in [0.2, 0.25) is 0 Å². The summed E-state index contributed by atoms with van der Waals surface area (Å²) in [6.45, 7) is 0.645. The van der Waals surface area contributed by atoms with Gasteiger partial charge in [-0.3, -0.25) is 4.99 Å². The van der Waals surface area contributed by atoms with Gasteiger partial charge in [-0.2, -0.15) is 0 Å². The molecule has 0 amide bonds. The average Bonchev–Trinajstić information content (AvgIpc) is 2.66. The van der Waals surface area contributed by atoms with Gasteiger partial charge in [0.15, 0.2) is 5.96 Å². The molecule has 2 aliphatic rings. The second kappa shape index (κ2) is 5.81. The molecule has 3 rings (SSSR count). The number of guanidine groups is 1. The van der Waals surface area contributed by atoms with E-state index >= 15 is 0 Å². The maximum absolute atomic E-state index is 13.5. The number of nitrogens with zero attached hydrogens (tertiary/aromatic N) is 2. The number of nitrogens with two attached hydrogens (primary N) is 1. The molecule has 1 heterocycles. The molecular formula is C16H22FN3. The quantitative estimate of drug-likeness (QED) is 0.842. The van der Waals surface area contributed by atoms with Crippen molar-refractivity contribution in [3.05, 3.63) is 35.6 Å². The third kappa shape index (κ3) is 2.65. The number of benzene rings is 1. The Morgan fingerprint density at radius 3 is 2.60 bits per heavy atom. The van der Waals surface area contributed by atoms with Crippen LogP contribution in [0, 0.1) is 5.82 Å². The lowest BCUT2D eigenvalue weighted by molar-refractivity contribution is 0.237. The van der Waals surface area contributed by atoms with Gasteiger partial charge in [-0.1, -0.05) is 37.8 Å². The lowest BCUT2D eigenvalue weighted by atomic mass is 10.0. The second-order valence-electron chi connectivity index (χ2n) is 5.82. The molecule has 0 spiro atoms. The zero-order valence-electron chi connectivity index (χ0n) is 11.8. The van der Waals surface area contributed by atoms with Crippen molar-refractivity contribution >= 4 is 5.96 Å². The van der Waals surface area contributed by atoms with Gasteiger partial charge in [0, 0.05) is 6.04 Å². The minimum absolute atomic E-state index is 0.105. The predicted molar refractivity (Wildman–Crippen MR) is 79.0 cm³/mol. The van der Waals surface area contributed by atoms with Crippen LogP contribution < -0.4 is 5.73 Å². The van der Waals surface area contributed by atoms with Crippen molar-refractivity contribution in [3.8, 4) is 0 Å². The molecule has 0 aromatic heterocycles. The molecule has 4 heteroatoms. The van der Waals surface area contributed by atoms with Crippen LogP contribution in [0.3, 0.4) is 0 Å². The first-order valence-corrected chi connectivity index (χ1v) is 7.59. The van der Waals surface area contributed by atoms with Crippen LogP contribution in [0.4, 0.5) is 4.39 Å². The molecule has 0 bridgehead atoms. The van der Waals surface area contributed by atoms with Crippen molar-refractivity contribution in [2.24, 2.45) is 10.7 Å². The Morgan fingerprint density at radius 1 is 1.15 bits per heavy atom. The predicted octanol–water partition coefficient (Wildman–Crippen LogP) is 3.22. The van der Waals surface area contributed by atoms with E-state index < -0.39 is 0 Å². The van der Waals surface area contributed by atoms with E-state index in [1.165, 1.54) is 44.6 Å². The van der Waals surface area contributed by atoms with E-state index in [1.54, 1.807) is 12.1 Å². The number of hydrogen-bond donors (Lipinski definition) is 1. The summed E-state index contributed by atoms with van der Waals surface area (Å²) in [6.07, 6.45) is 7.47. The Kier molecular flexibility index (Phi) is 3.90. The highest BCUT2D eigenvalue weighted by atomic mass is 19.1. The lowest BCUT2D eigenvalue weighted by Gasteiger charge is -2.34. The van der Waals surface area contributed by atoms with Gasteiger partial charge in [-0.15, -0.1) is 0 Å². The summed E-state index contributed by atoms with van der Waals surface area (Å²) < 4.78 is 13.5. The van der Waals surface area contributed by atoms with E-state index in [4.69, 9.17) is 5.73 Å². The van der Waals surface area contributed by atoms with Gasteiger partial charge >= 0.3 is 0 Å². The van der Waals surface area contributed by atoms with Gasteiger partial charge in [-0.25, -0.2) is 4.39 Å². The van der Waals surface area contributed by atoms with Crippen molar-refractivity contribution in [3.63, 3.8) is 0 Å². The van der Waals surface area contributed by atoms with E-state index in [2.05, 4.69) is 9.89 Å². The molecule has 2 N–H and O–H groups in total. The van der Waals surface area contributed by atoms with Crippen LogP contribution in [-0.2, 0) is 0 Å². The van der Waals surface area contributed by atoms with Crippen molar-refractivity contribution in [1.82, 2.24) is 4.90 Å². The molecular weight excluding hydrogens is 253 g/mol. The first-order chi connectivity index (χ1) is 9.75. The zero-order chi connectivity index (χ0) is 13.9. The third-order valence-corrected chi connectivity index (χ3v) is 4.48. The van der Waals surface area contributed by atoms with Crippen LogP contribution in [0.25, 0.3) is 0 Å². The van der Waals surface area contributed by atoms with Crippen molar-refractivity contribution in [2.45, 2.75) is 50.6 Å². The van der Waals surface area contributed by atoms with Gasteiger partial charge in [0.25, 0.3) is 0 Å². The minimum Gasteiger partial charge on any atom is -0.370 e. The number of aliphatic imine (C=N–C) groups is 1. The summed E-state index contributed by atoms with van der Waals surface area (Å²) in [5.41, 5.74) is 7.09. The Bertz CT molecular complexity index is 492. The highest BCUT2D eigenvalue weighted by molar-refractivity contribution is 5.80. The maximum Gasteiger partial charge on any atom is 0.192 e. The van der Waals surface area contributed by atoms with Gasteiger partial charge < -0.3 is 10.6 Å². The average molecular weight is 275 g/mol. The largest absolute Gasteiger partial charge is 0.370 e. The Balaban J connectivity index is 1.84. The number of hydrogen-bond acceptors (Lipinski definition) is 3. The van der Waals surface area contributed by atoms with E-state index in [9.17, 15) is 4.39 Å². The van der Waals surface area contributed by atoms with Crippen LogP contribution in [0.1, 0.15) is 50.1 Å². The molecule has 1 aliphatic heterocycles. The molecule has 1 saturated carbocycles. The SMILES string of the molecule is NC1=NCC(c2cccc(F)c2)N1C1CCCCCC1. The maximum atomic E-state index is 13.5. The zero-order valence-corrected chi connectivity index (χ0v) is 11.8. The summed E-state index contributed by atoms with van der Waals surface area (Å²) in [5.74, 6) is 0.444. The van der Waals surface area contributed by atoms with E-state index in [0.29, 0.717) is 18.5 Å². The van der Waals surface area contributed by atoms with Crippen molar-refractivity contribution in [1.29, 1.82) is 0 Å². The van der Waals surface area contributed by atoms with E-state index in [1.807, 2.05) is 6.07 Å². The highest BCUT2D eigenvalue weighted by Gasteiger charge is 2.33. The molecule has 0 saturated heterocycles.